The Labute approximate surface area is 122 Å². The maximum absolute atomic E-state index is 11.8. The molecule has 118 valence electrons. The van der Waals surface area contributed by atoms with Crippen molar-refractivity contribution in [2.45, 2.75) is 19.0 Å². The maximum Gasteiger partial charge on any atom is 0.492 e. The first-order valence-electron chi connectivity index (χ1n) is 6.20. The Kier molecular flexibility index (Phi) is 4.45. The molecule has 2 N–H and O–H groups in total. The van der Waals surface area contributed by atoms with Crippen LogP contribution in [-0.2, 0) is 32.1 Å². The summed E-state index contributed by atoms with van der Waals surface area (Å²) >= 11 is 0. The van der Waals surface area contributed by atoms with Crippen LogP contribution >= 0.6 is 0 Å². The van der Waals surface area contributed by atoms with Gasteiger partial charge in [0.05, 0.1) is 0 Å². The number of amides is 1. The van der Waals surface area contributed by atoms with Gasteiger partial charge in [0.15, 0.2) is 0 Å². The molecule has 0 radical (unpaired) electrons. The first-order chi connectivity index (χ1) is 10.3. The van der Waals surface area contributed by atoms with E-state index in [0.717, 1.165) is 11.1 Å². The number of carbonyl (C=O) groups excluding carboxylic acids is 3. The van der Waals surface area contributed by atoms with Crippen molar-refractivity contribution in [3.05, 3.63) is 29.3 Å². The molecule has 1 aromatic rings. The lowest BCUT2D eigenvalue weighted by atomic mass is 10.1. The third-order valence-electron chi connectivity index (χ3n) is 2.89. The van der Waals surface area contributed by atoms with Crippen LogP contribution in [0.15, 0.2) is 18.2 Å². The maximum atomic E-state index is 11.8. The number of rotatable bonds is 4. The van der Waals surface area contributed by atoms with Crippen molar-refractivity contribution in [3.63, 3.8) is 0 Å². The van der Waals surface area contributed by atoms with Gasteiger partial charge in [-0.3, -0.25) is 9.59 Å². The van der Waals surface area contributed by atoms with Crippen molar-refractivity contribution < 1.29 is 32.4 Å². The van der Waals surface area contributed by atoms with E-state index < -0.39 is 24.6 Å². The van der Waals surface area contributed by atoms with Crippen LogP contribution in [0.25, 0.3) is 0 Å². The number of fused-ring (bicyclic) bond motifs is 1. The predicted octanol–water partition coefficient (Wildman–Crippen LogP) is 0.903. The first kappa shape index (κ1) is 16.0. The highest BCUT2D eigenvalue weighted by Crippen LogP contribution is 2.23. The molecule has 2 rings (SSSR count). The zero-order chi connectivity index (χ0) is 16.3. The van der Waals surface area contributed by atoms with E-state index >= 15 is 0 Å². The highest BCUT2D eigenvalue weighted by Gasteiger charge is 2.41. The van der Waals surface area contributed by atoms with Crippen molar-refractivity contribution in [3.8, 4) is 0 Å². The fourth-order valence-corrected chi connectivity index (χ4v) is 1.96. The SMILES string of the molecule is O=C1Cc2ccc(NC(=O)CNOC(=O)C(F)(F)F)cc2C1. The number of Topliss-reactive ketones (excluding diaryl/α,β-unsaturated/α-hetero) is 1. The minimum absolute atomic E-state index is 0.0826. The number of ketones is 1. The monoisotopic (exact) mass is 316 g/mol. The molecule has 6 nitrogen and oxygen atoms in total. The van der Waals surface area contributed by atoms with Gasteiger partial charge in [0, 0.05) is 18.5 Å². The van der Waals surface area contributed by atoms with Crippen molar-refractivity contribution in [1.29, 1.82) is 0 Å². The number of halogens is 3. The molecule has 1 aromatic carbocycles. The average Bonchev–Trinajstić information content (AvgIpc) is 2.76. The molecule has 0 spiro atoms. The Bertz CT molecular complexity index is 628. The second kappa shape index (κ2) is 6.14. The van der Waals surface area contributed by atoms with Crippen molar-refractivity contribution >= 4 is 23.3 Å². The number of hydroxylamine groups is 1. The van der Waals surface area contributed by atoms with Gasteiger partial charge in [0.1, 0.15) is 12.3 Å². The third-order valence-corrected chi connectivity index (χ3v) is 2.89. The standard InChI is InChI=1S/C13H11F3N2O4/c14-13(15,16)12(21)22-17-6-11(20)18-9-2-1-7-4-10(19)5-8(7)3-9/h1-3,17H,4-6H2,(H,18,20). The van der Waals surface area contributed by atoms with Crippen LogP contribution in [0.2, 0.25) is 0 Å². The van der Waals surface area contributed by atoms with E-state index in [1.54, 1.807) is 23.7 Å². The van der Waals surface area contributed by atoms with Gasteiger partial charge in [-0.25, -0.2) is 4.79 Å². The molecule has 1 amide bonds. The summed E-state index contributed by atoms with van der Waals surface area (Å²) < 4.78 is 35.5. The van der Waals surface area contributed by atoms with Crippen molar-refractivity contribution in [2.75, 3.05) is 11.9 Å². The fraction of sp³-hybridized carbons (Fsp3) is 0.308. The fourth-order valence-electron chi connectivity index (χ4n) is 1.96. The Balaban J connectivity index is 1.82. The van der Waals surface area contributed by atoms with E-state index in [9.17, 15) is 27.6 Å². The molecule has 0 fully saturated rings. The summed E-state index contributed by atoms with van der Waals surface area (Å²) in [5.74, 6) is -3.05. The molecule has 9 heteroatoms. The van der Waals surface area contributed by atoms with E-state index in [4.69, 9.17) is 0 Å². The zero-order valence-electron chi connectivity index (χ0n) is 11.1. The van der Waals surface area contributed by atoms with Gasteiger partial charge in [-0.1, -0.05) is 6.07 Å². The Morgan fingerprint density at radius 3 is 2.55 bits per heavy atom. The lowest BCUT2D eigenvalue weighted by molar-refractivity contribution is -0.206. The van der Waals surface area contributed by atoms with Crippen LogP contribution in [0.4, 0.5) is 18.9 Å². The average molecular weight is 316 g/mol. The third kappa shape index (κ3) is 4.04. The molecule has 0 aromatic heterocycles. The van der Waals surface area contributed by atoms with Gasteiger partial charge in [-0.05, 0) is 23.3 Å². The van der Waals surface area contributed by atoms with Crippen molar-refractivity contribution in [1.82, 2.24) is 5.48 Å². The normalized spacial score (nSPS) is 13.7. The van der Waals surface area contributed by atoms with E-state index in [1.165, 1.54) is 0 Å². The summed E-state index contributed by atoms with van der Waals surface area (Å²) in [7, 11) is 0. The molecule has 0 heterocycles. The topological polar surface area (TPSA) is 84.5 Å². The quantitative estimate of drug-likeness (QED) is 0.806. The molecule has 0 unspecified atom stereocenters. The van der Waals surface area contributed by atoms with Crippen LogP contribution in [0, 0.1) is 0 Å². The minimum Gasteiger partial charge on any atom is -0.363 e. The van der Waals surface area contributed by atoms with Gasteiger partial charge < -0.3 is 10.2 Å². The summed E-state index contributed by atoms with van der Waals surface area (Å²) in [4.78, 5) is 36.9. The number of hydrogen-bond acceptors (Lipinski definition) is 5. The van der Waals surface area contributed by atoms with Crippen LogP contribution in [0.3, 0.4) is 0 Å². The number of carbonyl (C=O) groups is 3. The second-order valence-electron chi connectivity index (χ2n) is 4.63. The predicted molar refractivity (Wildman–Crippen MR) is 67.6 cm³/mol. The van der Waals surface area contributed by atoms with Crippen LogP contribution < -0.4 is 10.8 Å². The van der Waals surface area contributed by atoms with E-state index in [0.29, 0.717) is 18.5 Å². The van der Waals surface area contributed by atoms with Gasteiger partial charge in [0.2, 0.25) is 5.91 Å². The number of nitrogens with one attached hydrogen (secondary N) is 2. The lowest BCUT2D eigenvalue weighted by Gasteiger charge is -2.09. The van der Waals surface area contributed by atoms with Crippen molar-refractivity contribution in [2.24, 2.45) is 0 Å². The highest BCUT2D eigenvalue weighted by molar-refractivity contribution is 5.93. The molecule has 0 saturated heterocycles. The highest BCUT2D eigenvalue weighted by atomic mass is 19.4. The molecule has 0 atom stereocenters. The molecular formula is C13H11F3N2O4. The zero-order valence-corrected chi connectivity index (χ0v) is 11.1. The first-order valence-corrected chi connectivity index (χ1v) is 6.20. The smallest absolute Gasteiger partial charge is 0.363 e. The second-order valence-corrected chi connectivity index (χ2v) is 4.63. The summed E-state index contributed by atoms with van der Waals surface area (Å²) in [6.45, 7) is -0.641. The number of hydrogen-bond donors (Lipinski definition) is 2. The minimum atomic E-state index is -5.13. The van der Waals surface area contributed by atoms with E-state index in [-0.39, 0.29) is 5.78 Å². The van der Waals surface area contributed by atoms with Crippen LogP contribution in [0.5, 0.6) is 0 Å². The van der Waals surface area contributed by atoms with Gasteiger partial charge in [-0.15, -0.1) is 5.48 Å². The Morgan fingerprint density at radius 1 is 1.18 bits per heavy atom. The van der Waals surface area contributed by atoms with Gasteiger partial charge >= 0.3 is 12.1 Å². The van der Waals surface area contributed by atoms with Gasteiger partial charge in [0.25, 0.3) is 0 Å². The van der Waals surface area contributed by atoms with E-state index in [1.807, 2.05) is 0 Å². The summed E-state index contributed by atoms with van der Waals surface area (Å²) in [6.07, 6.45) is -4.48. The number of benzene rings is 1. The molecule has 1 aliphatic carbocycles. The van der Waals surface area contributed by atoms with E-state index in [2.05, 4.69) is 10.2 Å². The lowest BCUT2D eigenvalue weighted by Crippen LogP contribution is -2.35. The Hall–Kier alpha value is -2.42. The summed E-state index contributed by atoms with van der Waals surface area (Å²) in [5, 5.41) is 2.41. The van der Waals surface area contributed by atoms with Crippen LogP contribution in [-0.4, -0.2) is 30.4 Å². The number of alkyl halides is 3. The molecule has 0 aliphatic heterocycles. The number of anilines is 1. The van der Waals surface area contributed by atoms with Gasteiger partial charge in [-0.2, -0.15) is 13.2 Å². The molecule has 0 bridgehead atoms. The van der Waals surface area contributed by atoms with Crippen LogP contribution in [0.1, 0.15) is 11.1 Å². The molecule has 22 heavy (non-hydrogen) atoms. The molecule has 1 aliphatic rings. The summed E-state index contributed by atoms with van der Waals surface area (Å²) in [6, 6.07) is 4.91. The summed E-state index contributed by atoms with van der Waals surface area (Å²) in [5.41, 5.74) is 3.73. The molecular weight excluding hydrogens is 305 g/mol. The molecule has 0 saturated carbocycles. The Morgan fingerprint density at radius 2 is 1.86 bits per heavy atom. The largest absolute Gasteiger partial charge is 0.492 e.